The molecule has 0 saturated carbocycles. The molecule has 5 nitrogen and oxygen atoms in total. The smallest absolute Gasteiger partial charge is 0.257 e. The molecule has 0 unspecified atom stereocenters. The van der Waals surface area contributed by atoms with Crippen LogP contribution >= 0.6 is 0 Å². The van der Waals surface area contributed by atoms with E-state index in [0.29, 0.717) is 24.2 Å². The van der Waals surface area contributed by atoms with Crippen LogP contribution in [-0.4, -0.2) is 47.0 Å². The van der Waals surface area contributed by atoms with E-state index in [2.05, 4.69) is 11.0 Å². The van der Waals surface area contributed by atoms with Gasteiger partial charge in [0.1, 0.15) is 5.75 Å². The van der Waals surface area contributed by atoms with E-state index in [1.165, 1.54) is 0 Å². The zero-order valence-electron chi connectivity index (χ0n) is 14.3. The molecule has 1 fully saturated rings. The van der Waals surface area contributed by atoms with Crippen LogP contribution in [0, 0.1) is 18.3 Å². The van der Waals surface area contributed by atoms with Gasteiger partial charge in [0, 0.05) is 32.7 Å². The Bertz CT molecular complexity index is 801. The van der Waals surface area contributed by atoms with E-state index in [1.54, 1.807) is 23.1 Å². The number of carbonyl (C=O) groups excluding carboxylic acids is 1. The minimum absolute atomic E-state index is 0.0376. The number of phenolic OH excluding ortho intramolecular Hbond substituents is 1. The molecule has 0 spiro atoms. The lowest BCUT2D eigenvalue weighted by Gasteiger charge is -2.35. The molecule has 2 aromatic rings. The summed E-state index contributed by atoms with van der Waals surface area (Å²) in [7, 11) is 0. The SMILES string of the molecule is Cc1ccc(O)c(C(=O)N2CCN(Cc3ccc(C#N)cc3)CC2)c1. The molecule has 0 aromatic heterocycles. The predicted molar refractivity (Wildman–Crippen MR) is 95.2 cm³/mol. The maximum atomic E-state index is 12.6. The molecule has 0 atom stereocenters. The molecule has 128 valence electrons. The van der Waals surface area contributed by atoms with Crippen LogP contribution in [0.2, 0.25) is 0 Å². The lowest BCUT2D eigenvalue weighted by Crippen LogP contribution is -2.48. The second-order valence-corrected chi connectivity index (χ2v) is 6.40. The molecule has 1 amide bonds. The molecular formula is C20H21N3O2. The standard InChI is InChI=1S/C20H21N3O2/c1-15-2-7-19(24)18(12-15)20(25)23-10-8-22(9-11-23)14-17-5-3-16(13-21)4-6-17/h2-7,12,24H,8-11,14H2,1H3. The number of carbonyl (C=O) groups is 1. The van der Waals surface area contributed by atoms with Crippen LogP contribution in [0.3, 0.4) is 0 Å². The molecule has 0 radical (unpaired) electrons. The fraction of sp³-hybridized carbons (Fsp3) is 0.300. The Kier molecular flexibility index (Phi) is 5.01. The third-order valence-corrected chi connectivity index (χ3v) is 4.53. The normalized spacial score (nSPS) is 15.0. The number of nitriles is 1. The van der Waals surface area contributed by atoms with Crippen LogP contribution in [0.5, 0.6) is 5.75 Å². The summed E-state index contributed by atoms with van der Waals surface area (Å²) in [5, 5.41) is 18.8. The van der Waals surface area contributed by atoms with Gasteiger partial charge in [-0.05, 0) is 36.8 Å². The Morgan fingerprint density at radius 1 is 1.12 bits per heavy atom. The summed E-state index contributed by atoms with van der Waals surface area (Å²) < 4.78 is 0. The number of aromatic hydroxyl groups is 1. The van der Waals surface area contributed by atoms with Crippen molar-refractivity contribution in [2.45, 2.75) is 13.5 Å². The number of hydrogen-bond acceptors (Lipinski definition) is 4. The molecule has 0 bridgehead atoms. The summed E-state index contributed by atoms with van der Waals surface area (Å²) in [6, 6.07) is 14.8. The Morgan fingerprint density at radius 2 is 1.80 bits per heavy atom. The molecule has 1 N–H and O–H groups in total. The van der Waals surface area contributed by atoms with Gasteiger partial charge < -0.3 is 10.0 Å². The van der Waals surface area contributed by atoms with Crippen LogP contribution in [0.25, 0.3) is 0 Å². The number of rotatable bonds is 3. The fourth-order valence-electron chi connectivity index (χ4n) is 3.04. The summed E-state index contributed by atoms with van der Waals surface area (Å²) in [4.78, 5) is 16.7. The van der Waals surface area contributed by atoms with Crippen LogP contribution in [0.1, 0.15) is 27.0 Å². The van der Waals surface area contributed by atoms with Gasteiger partial charge >= 0.3 is 0 Å². The van der Waals surface area contributed by atoms with Crippen LogP contribution < -0.4 is 0 Å². The number of nitrogens with zero attached hydrogens (tertiary/aromatic N) is 3. The van der Waals surface area contributed by atoms with E-state index in [4.69, 9.17) is 5.26 Å². The number of phenols is 1. The van der Waals surface area contributed by atoms with E-state index in [1.807, 2.05) is 31.2 Å². The molecule has 2 aromatic carbocycles. The highest BCUT2D eigenvalue weighted by molar-refractivity contribution is 5.97. The average molecular weight is 335 g/mol. The first-order chi connectivity index (χ1) is 12.1. The van der Waals surface area contributed by atoms with Gasteiger partial charge in [-0.15, -0.1) is 0 Å². The first kappa shape index (κ1) is 17.0. The minimum atomic E-state index is -0.112. The number of hydrogen-bond donors (Lipinski definition) is 1. The molecule has 1 aliphatic rings. The number of benzene rings is 2. The Balaban J connectivity index is 1.58. The highest BCUT2D eigenvalue weighted by Crippen LogP contribution is 2.21. The molecule has 0 aliphatic carbocycles. The van der Waals surface area contributed by atoms with Crippen molar-refractivity contribution in [2.75, 3.05) is 26.2 Å². The predicted octanol–water partition coefficient (Wildman–Crippen LogP) is 2.53. The van der Waals surface area contributed by atoms with Crippen molar-refractivity contribution in [3.63, 3.8) is 0 Å². The van der Waals surface area contributed by atoms with Crippen molar-refractivity contribution in [1.82, 2.24) is 9.80 Å². The zero-order valence-corrected chi connectivity index (χ0v) is 14.3. The summed E-state index contributed by atoms with van der Waals surface area (Å²) in [5.41, 5.74) is 3.16. The van der Waals surface area contributed by atoms with Crippen molar-refractivity contribution < 1.29 is 9.90 Å². The maximum absolute atomic E-state index is 12.6. The summed E-state index contributed by atoms with van der Waals surface area (Å²) in [5.74, 6) is -0.0742. The first-order valence-corrected chi connectivity index (χ1v) is 8.37. The van der Waals surface area contributed by atoms with E-state index in [0.717, 1.165) is 30.8 Å². The van der Waals surface area contributed by atoms with E-state index in [9.17, 15) is 9.90 Å². The zero-order chi connectivity index (χ0) is 17.8. The van der Waals surface area contributed by atoms with E-state index >= 15 is 0 Å². The van der Waals surface area contributed by atoms with Crippen LogP contribution in [0.15, 0.2) is 42.5 Å². The lowest BCUT2D eigenvalue weighted by molar-refractivity contribution is 0.0625. The third-order valence-electron chi connectivity index (χ3n) is 4.53. The Morgan fingerprint density at radius 3 is 2.44 bits per heavy atom. The fourth-order valence-corrected chi connectivity index (χ4v) is 3.04. The van der Waals surface area contributed by atoms with Gasteiger partial charge in [-0.25, -0.2) is 0 Å². The second-order valence-electron chi connectivity index (χ2n) is 6.40. The van der Waals surface area contributed by atoms with Gasteiger partial charge in [-0.1, -0.05) is 23.8 Å². The molecule has 3 rings (SSSR count). The largest absolute Gasteiger partial charge is 0.507 e. The lowest BCUT2D eigenvalue weighted by atomic mass is 10.1. The van der Waals surface area contributed by atoms with Crippen molar-refractivity contribution in [1.29, 1.82) is 5.26 Å². The maximum Gasteiger partial charge on any atom is 0.257 e. The van der Waals surface area contributed by atoms with Gasteiger partial charge in [-0.3, -0.25) is 9.69 Å². The molecule has 1 heterocycles. The summed E-state index contributed by atoms with van der Waals surface area (Å²) in [6.07, 6.45) is 0. The number of aryl methyl sites for hydroxylation is 1. The Labute approximate surface area is 147 Å². The molecule has 1 aliphatic heterocycles. The quantitative estimate of drug-likeness (QED) is 0.936. The van der Waals surface area contributed by atoms with Gasteiger partial charge in [0.05, 0.1) is 17.2 Å². The van der Waals surface area contributed by atoms with Gasteiger partial charge in [0.2, 0.25) is 0 Å². The van der Waals surface area contributed by atoms with Gasteiger partial charge in [0.15, 0.2) is 0 Å². The van der Waals surface area contributed by atoms with Gasteiger partial charge in [-0.2, -0.15) is 5.26 Å². The summed E-state index contributed by atoms with van der Waals surface area (Å²) in [6.45, 7) is 5.58. The Hall–Kier alpha value is -2.84. The second kappa shape index (κ2) is 7.37. The van der Waals surface area contributed by atoms with Crippen molar-refractivity contribution >= 4 is 5.91 Å². The van der Waals surface area contributed by atoms with Crippen molar-refractivity contribution in [2.24, 2.45) is 0 Å². The summed E-state index contributed by atoms with van der Waals surface area (Å²) >= 11 is 0. The van der Waals surface area contributed by atoms with E-state index < -0.39 is 0 Å². The number of piperazine rings is 1. The van der Waals surface area contributed by atoms with Crippen LogP contribution in [0.4, 0.5) is 0 Å². The van der Waals surface area contributed by atoms with Crippen LogP contribution in [-0.2, 0) is 6.54 Å². The molecule has 1 saturated heterocycles. The van der Waals surface area contributed by atoms with E-state index in [-0.39, 0.29) is 11.7 Å². The van der Waals surface area contributed by atoms with Crippen molar-refractivity contribution in [3.05, 3.63) is 64.7 Å². The highest BCUT2D eigenvalue weighted by atomic mass is 16.3. The molecule has 5 heteroatoms. The topological polar surface area (TPSA) is 67.6 Å². The third kappa shape index (κ3) is 3.98. The van der Waals surface area contributed by atoms with Gasteiger partial charge in [0.25, 0.3) is 5.91 Å². The molecular weight excluding hydrogens is 314 g/mol. The minimum Gasteiger partial charge on any atom is -0.507 e. The number of amides is 1. The average Bonchev–Trinajstić information content (AvgIpc) is 2.64. The highest BCUT2D eigenvalue weighted by Gasteiger charge is 2.24. The van der Waals surface area contributed by atoms with Crippen molar-refractivity contribution in [3.8, 4) is 11.8 Å². The monoisotopic (exact) mass is 335 g/mol. The molecule has 25 heavy (non-hydrogen) atoms. The first-order valence-electron chi connectivity index (χ1n) is 8.37.